The maximum Gasteiger partial charge on any atom is 0.166 e. The first-order valence-corrected chi connectivity index (χ1v) is 9.95. The predicted molar refractivity (Wildman–Crippen MR) is 122 cm³/mol. The van der Waals surface area contributed by atoms with Gasteiger partial charge >= 0.3 is 0 Å². The Balaban J connectivity index is 1.56. The van der Waals surface area contributed by atoms with Crippen LogP contribution in [0, 0.1) is 0 Å². The van der Waals surface area contributed by atoms with Gasteiger partial charge in [-0.25, -0.2) is 9.97 Å². The van der Waals surface area contributed by atoms with Gasteiger partial charge in [-0.15, -0.1) is 0 Å². The predicted octanol–water partition coefficient (Wildman–Crippen LogP) is 3.73. The molecule has 3 rings (SSSR count). The lowest BCUT2D eigenvalue weighted by Gasteiger charge is -2.08. The molecule has 2 aromatic carbocycles. The summed E-state index contributed by atoms with van der Waals surface area (Å²) in [4.78, 5) is 32.3. The number of benzene rings is 2. The van der Waals surface area contributed by atoms with Crippen LogP contribution in [-0.4, -0.2) is 38.9 Å². The fraction of sp³-hybridized carbons (Fsp3) is 0.120. The molecule has 33 heavy (non-hydrogen) atoms. The van der Waals surface area contributed by atoms with Gasteiger partial charge in [-0.05, 0) is 53.6 Å². The smallest absolute Gasteiger partial charge is 0.166 e. The summed E-state index contributed by atoms with van der Waals surface area (Å²) in [5, 5.41) is 19.6. The van der Waals surface area contributed by atoms with Crippen molar-refractivity contribution in [2.24, 2.45) is 0 Å². The molecular weight excluding hydrogens is 424 g/mol. The van der Waals surface area contributed by atoms with Gasteiger partial charge in [-0.1, -0.05) is 24.3 Å². The van der Waals surface area contributed by atoms with E-state index >= 15 is 0 Å². The Morgan fingerprint density at radius 3 is 2.00 bits per heavy atom. The largest absolute Gasteiger partial charge is 0.504 e. The van der Waals surface area contributed by atoms with Gasteiger partial charge in [0.2, 0.25) is 0 Å². The van der Waals surface area contributed by atoms with E-state index in [1.807, 2.05) is 0 Å². The zero-order valence-corrected chi connectivity index (χ0v) is 17.8. The van der Waals surface area contributed by atoms with Gasteiger partial charge < -0.3 is 19.7 Å². The van der Waals surface area contributed by atoms with E-state index in [1.54, 1.807) is 48.8 Å². The van der Waals surface area contributed by atoms with Gasteiger partial charge in [0.1, 0.15) is 6.61 Å². The third-order valence-electron chi connectivity index (χ3n) is 4.44. The second kappa shape index (κ2) is 11.2. The Morgan fingerprint density at radius 2 is 1.42 bits per heavy atom. The number of hydrogen-bond acceptors (Lipinski definition) is 8. The van der Waals surface area contributed by atoms with Crippen molar-refractivity contribution in [2.75, 3.05) is 7.11 Å². The Hall–Kier alpha value is -4.46. The van der Waals surface area contributed by atoms with Crippen molar-refractivity contribution in [3.8, 4) is 23.0 Å². The molecule has 0 bridgehead atoms. The van der Waals surface area contributed by atoms with Crippen molar-refractivity contribution >= 4 is 23.7 Å². The minimum absolute atomic E-state index is 0.00233. The lowest BCUT2D eigenvalue weighted by atomic mass is 10.1. The average Bonchev–Trinajstić information content (AvgIpc) is 2.82. The maximum atomic E-state index is 12.2. The number of rotatable bonds is 10. The van der Waals surface area contributed by atoms with Crippen LogP contribution in [0.5, 0.6) is 23.0 Å². The molecule has 8 heteroatoms. The molecular formula is C25H22N2O6. The summed E-state index contributed by atoms with van der Waals surface area (Å²) in [7, 11) is 1.43. The molecule has 0 unspecified atom stereocenters. The summed E-state index contributed by atoms with van der Waals surface area (Å²) >= 11 is 0. The third kappa shape index (κ3) is 7.03. The molecule has 0 atom stereocenters. The first kappa shape index (κ1) is 23.2. The Bertz CT molecular complexity index is 1190. The van der Waals surface area contributed by atoms with E-state index < -0.39 is 0 Å². The molecule has 0 aliphatic rings. The highest BCUT2D eigenvalue weighted by atomic mass is 16.5. The number of methoxy groups -OCH3 is 1. The van der Waals surface area contributed by atoms with Crippen molar-refractivity contribution in [1.29, 1.82) is 0 Å². The number of aromatic hydroxyl groups is 2. The quantitative estimate of drug-likeness (QED) is 0.357. The van der Waals surface area contributed by atoms with Gasteiger partial charge in [-0.3, -0.25) is 9.59 Å². The summed E-state index contributed by atoms with van der Waals surface area (Å²) in [6.07, 6.45) is 8.57. The van der Waals surface area contributed by atoms with Crippen LogP contribution in [0.2, 0.25) is 0 Å². The highest BCUT2D eigenvalue weighted by Gasteiger charge is 2.07. The molecule has 0 fully saturated rings. The molecule has 0 spiro atoms. The summed E-state index contributed by atoms with van der Waals surface area (Å²) in [5.41, 5.74) is 1.27. The topological polar surface area (TPSA) is 119 Å². The summed E-state index contributed by atoms with van der Waals surface area (Å²) < 4.78 is 10.6. The minimum atomic E-state index is -0.374. The van der Waals surface area contributed by atoms with Crippen LogP contribution in [0.25, 0.3) is 12.2 Å². The second-order valence-electron chi connectivity index (χ2n) is 6.89. The number of ether oxygens (including phenoxy) is 2. The standard InChI is InChI=1S/C25H22N2O6/c1-32-23-13-17(5-9-21(23)30)3-7-19(28)15-20(29)8-4-18-6-10-22(31)24(14-18)33-16-25-26-11-2-12-27-25/h2-14,30-31H,15-16H2,1H3/b7-3+,8-4+. The van der Waals surface area contributed by atoms with Crippen molar-refractivity contribution in [3.63, 3.8) is 0 Å². The van der Waals surface area contributed by atoms with Crippen molar-refractivity contribution < 1.29 is 29.3 Å². The van der Waals surface area contributed by atoms with E-state index in [0.29, 0.717) is 17.0 Å². The SMILES string of the molecule is COc1cc(/C=C/C(=O)CC(=O)/C=C/c2ccc(O)c(OCc3ncccn3)c2)ccc1O. The first-order chi connectivity index (χ1) is 15.9. The summed E-state index contributed by atoms with van der Waals surface area (Å²) in [6, 6.07) is 11.0. The fourth-order valence-corrected chi connectivity index (χ4v) is 2.76. The molecule has 0 saturated heterocycles. The van der Waals surface area contributed by atoms with E-state index in [2.05, 4.69) is 9.97 Å². The Labute approximate surface area is 190 Å². The lowest BCUT2D eigenvalue weighted by Crippen LogP contribution is -2.02. The molecule has 0 aliphatic carbocycles. The second-order valence-corrected chi connectivity index (χ2v) is 6.89. The zero-order chi connectivity index (χ0) is 23.6. The molecule has 1 aromatic heterocycles. The molecule has 8 nitrogen and oxygen atoms in total. The lowest BCUT2D eigenvalue weighted by molar-refractivity contribution is -0.121. The highest BCUT2D eigenvalue weighted by Crippen LogP contribution is 2.28. The number of allylic oxidation sites excluding steroid dienone is 2. The molecule has 0 saturated carbocycles. The number of phenols is 2. The van der Waals surface area contributed by atoms with Crippen LogP contribution in [0.1, 0.15) is 23.4 Å². The van der Waals surface area contributed by atoms with Crippen LogP contribution in [0.3, 0.4) is 0 Å². The molecule has 0 aliphatic heterocycles. The number of carbonyl (C=O) groups excluding carboxylic acids is 2. The van der Waals surface area contributed by atoms with E-state index in [1.165, 1.54) is 37.5 Å². The fourth-order valence-electron chi connectivity index (χ4n) is 2.76. The van der Waals surface area contributed by atoms with Gasteiger partial charge in [0, 0.05) is 12.4 Å². The molecule has 2 N–H and O–H groups in total. The number of nitrogens with zero attached hydrogens (tertiary/aromatic N) is 2. The Kier molecular flexibility index (Phi) is 7.91. The van der Waals surface area contributed by atoms with Gasteiger partial charge in [0.05, 0.1) is 13.5 Å². The van der Waals surface area contributed by atoms with Crippen molar-refractivity contribution in [3.05, 3.63) is 84.0 Å². The van der Waals surface area contributed by atoms with Crippen LogP contribution < -0.4 is 9.47 Å². The van der Waals surface area contributed by atoms with E-state index in [0.717, 1.165) is 0 Å². The number of hydrogen-bond donors (Lipinski definition) is 2. The number of aromatic nitrogens is 2. The first-order valence-electron chi connectivity index (χ1n) is 9.95. The van der Waals surface area contributed by atoms with E-state index in [9.17, 15) is 19.8 Å². The van der Waals surface area contributed by atoms with Crippen LogP contribution in [0.4, 0.5) is 0 Å². The zero-order valence-electron chi connectivity index (χ0n) is 17.8. The monoisotopic (exact) mass is 446 g/mol. The van der Waals surface area contributed by atoms with Crippen LogP contribution in [-0.2, 0) is 16.2 Å². The number of carbonyl (C=O) groups is 2. The highest BCUT2D eigenvalue weighted by molar-refractivity contribution is 6.10. The average molecular weight is 446 g/mol. The van der Waals surface area contributed by atoms with Crippen LogP contribution in [0.15, 0.2) is 67.0 Å². The summed E-state index contributed by atoms with van der Waals surface area (Å²) in [6.45, 7) is 0.0776. The Morgan fingerprint density at radius 1 is 0.879 bits per heavy atom. The van der Waals surface area contributed by atoms with Crippen molar-refractivity contribution in [1.82, 2.24) is 9.97 Å². The third-order valence-corrected chi connectivity index (χ3v) is 4.44. The van der Waals surface area contributed by atoms with Gasteiger partial charge in [-0.2, -0.15) is 0 Å². The summed E-state index contributed by atoms with van der Waals surface area (Å²) in [5.74, 6) is 0.177. The van der Waals surface area contributed by atoms with E-state index in [-0.39, 0.29) is 47.6 Å². The number of ketones is 2. The van der Waals surface area contributed by atoms with Crippen LogP contribution >= 0.6 is 0 Å². The molecule has 3 aromatic rings. The molecule has 0 radical (unpaired) electrons. The van der Waals surface area contributed by atoms with Gasteiger partial charge in [0.25, 0.3) is 0 Å². The van der Waals surface area contributed by atoms with E-state index in [4.69, 9.17) is 9.47 Å². The minimum Gasteiger partial charge on any atom is -0.504 e. The molecule has 0 amide bonds. The number of phenolic OH excluding ortho intramolecular Hbond substituents is 2. The molecule has 1 heterocycles. The molecule has 168 valence electrons. The normalized spacial score (nSPS) is 11.1. The van der Waals surface area contributed by atoms with Gasteiger partial charge in [0.15, 0.2) is 40.4 Å². The van der Waals surface area contributed by atoms with Crippen molar-refractivity contribution in [2.45, 2.75) is 13.0 Å². The maximum absolute atomic E-state index is 12.2.